The Hall–Kier alpha value is -2.63. The number of fused-ring (bicyclic) bond motifs is 1. The van der Waals surface area contributed by atoms with E-state index in [2.05, 4.69) is 4.98 Å². The number of halogens is 3. The molecule has 3 rings (SSSR count). The Bertz CT molecular complexity index is 1050. The Morgan fingerprint density at radius 3 is 2.31 bits per heavy atom. The van der Waals surface area contributed by atoms with Crippen LogP contribution in [0.5, 0.6) is 0 Å². The van der Waals surface area contributed by atoms with Gasteiger partial charge in [-0.2, -0.15) is 13.2 Å². The lowest BCUT2D eigenvalue weighted by Crippen LogP contribution is -2.25. The van der Waals surface area contributed by atoms with Gasteiger partial charge in [-0.1, -0.05) is 18.2 Å². The van der Waals surface area contributed by atoms with E-state index < -0.39 is 11.7 Å². The number of aromatic nitrogens is 2. The third-order valence-corrected chi connectivity index (χ3v) is 4.44. The molecule has 136 valence electrons. The summed E-state index contributed by atoms with van der Waals surface area (Å²) in [4.78, 5) is 17.7. The summed E-state index contributed by atoms with van der Waals surface area (Å²) in [6.07, 6.45) is -4.41. The quantitative estimate of drug-likeness (QED) is 0.623. The van der Waals surface area contributed by atoms with E-state index in [1.54, 1.807) is 19.1 Å². The fraction of sp³-hybridized carbons (Fsp3) is 0.300. The van der Waals surface area contributed by atoms with E-state index in [0.29, 0.717) is 27.9 Å². The standard InChI is InChI=1S/C20H19F3N2O/c1-11(2)25-18(15-9-8-14(10-13(15)4)20(21,22)23)24-17-12(3)6-5-7-16(17)19(25)26/h5-11H,1-4H3. The fourth-order valence-corrected chi connectivity index (χ4v) is 3.13. The van der Waals surface area contributed by atoms with Gasteiger partial charge in [0, 0.05) is 11.6 Å². The number of hydrogen-bond donors (Lipinski definition) is 0. The van der Waals surface area contributed by atoms with Crippen LogP contribution in [-0.2, 0) is 6.18 Å². The third kappa shape index (κ3) is 3.00. The second-order valence-electron chi connectivity index (χ2n) is 6.70. The predicted molar refractivity (Wildman–Crippen MR) is 96.3 cm³/mol. The average molecular weight is 360 g/mol. The van der Waals surface area contributed by atoms with Gasteiger partial charge in [0.2, 0.25) is 0 Å². The van der Waals surface area contributed by atoms with E-state index in [1.165, 1.54) is 10.6 Å². The van der Waals surface area contributed by atoms with E-state index in [0.717, 1.165) is 17.7 Å². The first-order valence-electron chi connectivity index (χ1n) is 8.31. The third-order valence-electron chi connectivity index (χ3n) is 4.44. The van der Waals surface area contributed by atoms with Crippen LogP contribution in [-0.4, -0.2) is 9.55 Å². The molecular weight excluding hydrogens is 341 g/mol. The predicted octanol–water partition coefficient (Wildman–Crippen LogP) is 5.28. The molecular formula is C20H19F3N2O. The SMILES string of the molecule is Cc1cc(C(F)(F)F)ccc1-c1nc2c(C)cccc2c(=O)n1C(C)C. The maximum absolute atomic E-state index is 13.0. The molecule has 0 saturated carbocycles. The summed E-state index contributed by atoms with van der Waals surface area (Å²) in [5, 5.41) is 0.506. The molecule has 26 heavy (non-hydrogen) atoms. The van der Waals surface area contributed by atoms with Gasteiger partial charge in [-0.25, -0.2) is 4.98 Å². The zero-order valence-electron chi connectivity index (χ0n) is 15.0. The molecule has 0 aliphatic rings. The van der Waals surface area contributed by atoms with Gasteiger partial charge in [-0.3, -0.25) is 9.36 Å². The van der Waals surface area contributed by atoms with Crippen molar-refractivity contribution in [3.05, 3.63) is 63.4 Å². The summed E-state index contributed by atoms with van der Waals surface area (Å²) >= 11 is 0. The lowest BCUT2D eigenvalue weighted by Gasteiger charge is -2.19. The number of aryl methyl sites for hydroxylation is 2. The van der Waals surface area contributed by atoms with Crippen molar-refractivity contribution in [2.45, 2.75) is 39.9 Å². The summed E-state index contributed by atoms with van der Waals surface area (Å²) in [7, 11) is 0. The van der Waals surface area contributed by atoms with Crippen LogP contribution in [0.25, 0.3) is 22.3 Å². The number of para-hydroxylation sites is 1. The molecule has 0 aliphatic carbocycles. The van der Waals surface area contributed by atoms with Gasteiger partial charge in [0.15, 0.2) is 0 Å². The molecule has 0 radical (unpaired) electrons. The second kappa shape index (κ2) is 6.27. The minimum absolute atomic E-state index is 0.184. The van der Waals surface area contributed by atoms with Crippen LogP contribution in [0, 0.1) is 13.8 Å². The van der Waals surface area contributed by atoms with Crippen LogP contribution in [0.3, 0.4) is 0 Å². The highest BCUT2D eigenvalue weighted by Gasteiger charge is 2.31. The fourth-order valence-electron chi connectivity index (χ4n) is 3.13. The molecule has 1 heterocycles. The first-order valence-corrected chi connectivity index (χ1v) is 8.31. The molecule has 3 aromatic rings. The largest absolute Gasteiger partial charge is 0.416 e. The zero-order chi connectivity index (χ0) is 19.2. The summed E-state index contributed by atoms with van der Waals surface area (Å²) in [6, 6.07) is 8.71. The van der Waals surface area contributed by atoms with Crippen molar-refractivity contribution in [2.75, 3.05) is 0 Å². The second-order valence-corrected chi connectivity index (χ2v) is 6.70. The molecule has 0 spiro atoms. The Kier molecular flexibility index (Phi) is 4.38. The van der Waals surface area contributed by atoms with E-state index in [-0.39, 0.29) is 11.6 Å². The van der Waals surface area contributed by atoms with Crippen molar-refractivity contribution >= 4 is 10.9 Å². The first-order chi connectivity index (χ1) is 12.1. The van der Waals surface area contributed by atoms with Gasteiger partial charge in [0.1, 0.15) is 5.82 Å². The highest BCUT2D eigenvalue weighted by atomic mass is 19.4. The molecule has 2 aromatic carbocycles. The van der Waals surface area contributed by atoms with E-state index >= 15 is 0 Å². The van der Waals surface area contributed by atoms with E-state index in [4.69, 9.17) is 0 Å². The minimum atomic E-state index is -4.41. The van der Waals surface area contributed by atoms with Gasteiger partial charge >= 0.3 is 6.18 Å². The Labute approximate surface area is 149 Å². The van der Waals surface area contributed by atoms with Crippen molar-refractivity contribution in [3.63, 3.8) is 0 Å². The van der Waals surface area contributed by atoms with E-state index in [9.17, 15) is 18.0 Å². The molecule has 0 bridgehead atoms. The van der Waals surface area contributed by atoms with Crippen LogP contribution in [0.2, 0.25) is 0 Å². The van der Waals surface area contributed by atoms with Gasteiger partial charge in [0.05, 0.1) is 16.5 Å². The molecule has 6 heteroatoms. The van der Waals surface area contributed by atoms with Crippen LogP contribution in [0.15, 0.2) is 41.2 Å². The maximum Gasteiger partial charge on any atom is 0.416 e. The molecule has 0 unspecified atom stereocenters. The summed E-state index contributed by atoms with van der Waals surface area (Å²) in [5.41, 5.74) is 1.46. The molecule has 0 saturated heterocycles. The highest BCUT2D eigenvalue weighted by Crippen LogP contribution is 2.33. The van der Waals surface area contributed by atoms with Crippen molar-refractivity contribution in [1.82, 2.24) is 9.55 Å². The minimum Gasteiger partial charge on any atom is -0.290 e. The van der Waals surface area contributed by atoms with Crippen molar-refractivity contribution in [3.8, 4) is 11.4 Å². The van der Waals surface area contributed by atoms with E-state index in [1.807, 2.05) is 26.8 Å². The normalized spacial score (nSPS) is 12.2. The number of nitrogens with zero attached hydrogens (tertiary/aromatic N) is 2. The van der Waals surface area contributed by atoms with Crippen molar-refractivity contribution in [1.29, 1.82) is 0 Å². The Balaban J connectivity index is 2.36. The summed E-state index contributed by atoms with van der Waals surface area (Å²) in [6.45, 7) is 7.17. The molecule has 0 atom stereocenters. The van der Waals surface area contributed by atoms with Crippen LogP contribution in [0.4, 0.5) is 13.2 Å². The number of hydrogen-bond acceptors (Lipinski definition) is 2. The Morgan fingerprint density at radius 1 is 1.04 bits per heavy atom. The molecule has 3 nitrogen and oxygen atoms in total. The van der Waals surface area contributed by atoms with Crippen LogP contribution < -0.4 is 5.56 Å². The smallest absolute Gasteiger partial charge is 0.290 e. The maximum atomic E-state index is 13.0. The topological polar surface area (TPSA) is 34.9 Å². The molecule has 1 aromatic heterocycles. The summed E-state index contributed by atoms with van der Waals surface area (Å²) in [5.74, 6) is 0.387. The van der Waals surface area contributed by atoms with Gasteiger partial charge in [-0.15, -0.1) is 0 Å². The molecule has 0 aliphatic heterocycles. The van der Waals surface area contributed by atoms with Gasteiger partial charge < -0.3 is 0 Å². The number of alkyl halides is 3. The monoisotopic (exact) mass is 360 g/mol. The molecule has 0 fully saturated rings. The van der Waals surface area contributed by atoms with Crippen molar-refractivity contribution in [2.24, 2.45) is 0 Å². The van der Waals surface area contributed by atoms with Gasteiger partial charge in [-0.05, 0) is 57.0 Å². The molecule has 0 amide bonds. The first kappa shape index (κ1) is 18.2. The average Bonchev–Trinajstić information content (AvgIpc) is 2.54. The Morgan fingerprint density at radius 2 is 1.73 bits per heavy atom. The van der Waals surface area contributed by atoms with Gasteiger partial charge in [0.25, 0.3) is 5.56 Å². The van der Waals surface area contributed by atoms with Crippen molar-refractivity contribution < 1.29 is 13.2 Å². The van der Waals surface area contributed by atoms with Crippen LogP contribution >= 0.6 is 0 Å². The molecule has 0 N–H and O–H groups in total. The zero-order valence-corrected chi connectivity index (χ0v) is 15.0. The summed E-state index contributed by atoms with van der Waals surface area (Å²) < 4.78 is 40.4. The lowest BCUT2D eigenvalue weighted by atomic mass is 10.0. The lowest BCUT2D eigenvalue weighted by molar-refractivity contribution is -0.137. The number of benzene rings is 2. The highest BCUT2D eigenvalue weighted by molar-refractivity contribution is 5.83. The van der Waals surface area contributed by atoms with Crippen LogP contribution in [0.1, 0.15) is 36.6 Å². The number of rotatable bonds is 2.